The Bertz CT molecular complexity index is 55.7. The van der Waals surface area contributed by atoms with E-state index in [1.165, 1.54) is 32.1 Å². The predicted molar refractivity (Wildman–Crippen MR) is 43.0 cm³/mol. The van der Waals surface area contributed by atoms with E-state index in [-0.39, 0.29) is 40.1 Å². The molecule has 0 aromatic heterocycles. The molecular weight excluding hydrogens is 197 g/mol. The zero-order valence-corrected chi connectivity index (χ0v) is 10.1. The van der Waals surface area contributed by atoms with Gasteiger partial charge in [0.15, 0.2) is 0 Å². The van der Waals surface area contributed by atoms with E-state index in [1.54, 1.807) is 0 Å². The van der Waals surface area contributed by atoms with Gasteiger partial charge < -0.3 is 13.8 Å². The maximum absolute atomic E-state index is 2.42. The van der Waals surface area contributed by atoms with Crippen LogP contribution in [0.5, 0.6) is 0 Å². The first kappa shape index (κ1) is 13.7. The molecule has 0 bridgehead atoms. The van der Waals surface area contributed by atoms with Crippen molar-refractivity contribution < 1.29 is 32.7 Å². The second kappa shape index (κ2) is 8.20. The summed E-state index contributed by atoms with van der Waals surface area (Å²) < 4.78 is 0. The van der Waals surface area contributed by atoms with Crippen LogP contribution in [0, 0.1) is 19.8 Å². The smallest absolute Gasteiger partial charge is 0 e. The van der Waals surface area contributed by atoms with E-state index in [0.717, 1.165) is 5.92 Å². The summed E-state index contributed by atoms with van der Waals surface area (Å²) >= 11 is 0. The van der Waals surface area contributed by atoms with Gasteiger partial charge in [0.05, 0.1) is 0 Å². The van der Waals surface area contributed by atoms with Crippen molar-refractivity contribution in [1.29, 1.82) is 0 Å². The molecule has 10 heavy (non-hydrogen) atoms. The standard InChI is InChI=1S/C8H15.CH3.Y/c1-2-8-6-4-3-5-7-8;;/h3,8H,2,4-7H2,1H3;1H3;/q2*-1;. The minimum atomic E-state index is 0. The summed E-state index contributed by atoms with van der Waals surface area (Å²) in [5.41, 5.74) is 0. The van der Waals surface area contributed by atoms with Gasteiger partial charge in [-0.15, -0.1) is 0 Å². The fourth-order valence-electron chi connectivity index (χ4n) is 1.40. The van der Waals surface area contributed by atoms with Gasteiger partial charge in [0.2, 0.25) is 0 Å². The Kier molecular flexibility index (Phi) is 11.2. The third-order valence-electron chi connectivity index (χ3n) is 2.14. The Morgan fingerprint density at radius 2 is 1.80 bits per heavy atom. The van der Waals surface area contributed by atoms with Crippen LogP contribution in [-0.4, -0.2) is 0 Å². The zero-order chi connectivity index (χ0) is 5.82. The summed E-state index contributed by atoms with van der Waals surface area (Å²) in [5, 5.41) is 0. The molecule has 0 aromatic rings. The van der Waals surface area contributed by atoms with Gasteiger partial charge in [-0.3, -0.25) is 0 Å². The largest absolute Gasteiger partial charge is 0.358 e. The Labute approximate surface area is 91.0 Å². The van der Waals surface area contributed by atoms with Crippen molar-refractivity contribution in [2.24, 2.45) is 5.92 Å². The number of rotatable bonds is 1. The summed E-state index contributed by atoms with van der Waals surface area (Å²) in [4.78, 5) is 0. The molecule has 0 N–H and O–H groups in total. The maximum Gasteiger partial charge on any atom is 0 e. The molecule has 0 nitrogen and oxygen atoms in total. The van der Waals surface area contributed by atoms with Crippen molar-refractivity contribution in [2.45, 2.75) is 39.0 Å². The van der Waals surface area contributed by atoms with Gasteiger partial charge in [-0.25, -0.2) is 0 Å². The van der Waals surface area contributed by atoms with Crippen LogP contribution in [0.2, 0.25) is 0 Å². The molecule has 1 aliphatic carbocycles. The van der Waals surface area contributed by atoms with E-state index in [9.17, 15) is 0 Å². The van der Waals surface area contributed by atoms with E-state index in [1.807, 2.05) is 0 Å². The molecule has 1 heteroatoms. The zero-order valence-electron chi connectivity index (χ0n) is 7.27. The summed E-state index contributed by atoms with van der Waals surface area (Å²) in [5.74, 6) is 1.06. The van der Waals surface area contributed by atoms with Crippen LogP contribution in [0.3, 0.4) is 0 Å². The quantitative estimate of drug-likeness (QED) is 0.589. The molecule has 0 saturated heterocycles. The summed E-state index contributed by atoms with van der Waals surface area (Å²) in [6, 6.07) is 0. The van der Waals surface area contributed by atoms with Crippen molar-refractivity contribution in [2.75, 3.05) is 0 Å². The van der Waals surface area contributed by atoms with Gasteiger partial charge in [-0.2, -0.15) is 12.8 Å². The van der Waals surface area contributed by atoms with Crippen LogP contribution in [0.15, 0.2) is 0 Å². The molecule has 1 saturated carbocycles. The Morgan fingerprint density at radius 3 is 2.10 bits per heavy atom. The molecule has 0 aliphatic heterocycles. The minimum Gasteiger partial charge on any atom is -0.358 e. The van der Waals surface area contributed by atoms with Crippen LogP contribution in [0.1, 0.15) is 39.0 Å². The average molecular weight is 215 g/mol. The van der Waals surface area contributed by atoms with Gasteiger partial charge in [0.1, 0.15) is 0 Å². The third kappa shape index (κ3) is 4.85. The molecule has 59 valence electrons. The second-order valence-electron chi connectivity index (χ2n) is 2.72. The normalized spacial score (nSPS) is 18.9. The van der Waals surface area contributed by atoms with Gasteiger partial charge in [-0.05, 0) is 5.92 Å². The first-order valence-electron chi connectivity index (χ1n) is 3.75. The van der Waals surface area contributed by atoms with Gasteiger partial charge >= 0.3 is 0 Å². The molecule has 0 unspecified atom stereocenters. The van der Waals surface area contributed by atoms with Gasteiger partial charge in [0, 0.05) is 32.7 Å². The van der Waals surface area contributed by atoms with Crippen LogP contribution < -0.4 is 0 Å². The minimum absolute atomic E-state index is 0. The Morgan fingerprint density at radius 1 is 1.30 bits per heavy atom. The predicted octanol–water partition coefficient (Wildman–Crippen LogP) is 3.24. The molecule has 0 atom stereocenters. The van der Waals surface area contributed by atoms with Crippen LogP contribution in [0.4, 0.5) is 0 Å². The Hall–Kier alpha value is 1.10. The molecule has 0 spiro atoms. The summed E-state index contributed by atoms with van der Waals surface area (Å²) in [7, 11) is 0. The molecule has 1 radical (unpaired) electrons. The molecule has 0 aromatic carbocycles. The van der Waals surface area contributed by atoms with Crippen molar-refractivity contribution in [1.82, 2.24) is 0 Å². The fraction of sp³-hybridized carbons (Fsp3) is 0.778. The molecule has 1 rings (SSSR count). The van der Waals surface area contributed by atoms with E-state index < -0.39 is 0 Å². The summed E-state index contributed by atoms with van der Waals surface area (Å²) in [6.45, 7) is 2.30. The first-order valence-corrected chi connectivity index (χ1v) is 3.75. The third-order valence-corrected chi connectivity index (χ3v) is 2.14. The van der Waals surface area contributed by atoms with E-state index >= 15 is 0 Å². The van der Waals surface area contributed by atoms with Crippen LogP contribution in [0.25, 0.3) is 0 Å². The molecular formula is C9H18Y-2. The SMILES string of the molecule is CCC1CC[CH-]CC1.[CH3-].[Y]. The molecule has 1 aliphatic rings. The van der Waals surface area contributed by atoms with Crippen molar-refractivity contribution in [3.05, 3.63) is 13.8 Å². The van der Waals surface area contributed by atoms with E-state index in [0.29, 0.717) is 0 Å². The number of hydrogen-bond acceptors (Lipinski definition) is 0. The maximum atomic E-state index is 2.42. The summed E-state index contributed by atoms with van der Waals surface area (Å²) in [6.07, 6.45) is 9.48. The van der Waals surface area contributed by atoms with E-state index in [4.69, 9.17) is 0 Å². The fourth-order valence-corrected chi connectivity index (χ4v) is 1.40. The topological polar surface area (TPSA) is 0 Å². The van der Waals surface area contributed by atoms with Gasteiger partial charge in [0.25, 0.3) is 0 Å². The average Bonchev–Trinajstić information content (AvgIpc) is 1.90. The van der Waals surface area contributed by atoms with Crippen LogP contribution in [-0.2, 0) is 32.7 Å². The first-order chi connectivity index (χ1) is 3.93. The van der Waals surface area contributed by atoms with Crippen molar-refractivity contribution >= 4 is 0 Å². The molecule has 0 amide bonds. The molecule has 1 fully saturated rings. The number of hydrogen-bond donors (Lipinski definition) is 0. The Balaban J connectivity index is 0. The molecule has 0 heterocycles. The van der Waals surface area contributed by atoms with Crippen molar-refractivity contribution in [3.63, 3.8) is 0 Å². The second-order valence-corrected chi connectivity index (χ2v) is 2.72. The monoisotopic (exact) mass is 215 g/mol. The van der Waals surface area contributed by atoms with Crippen molar-refractivity contribution in [3.8, 4) is 0 Å². The van der Waals surface area contributed by atoms with Gasteiger partial charge in [-0.1, -0.05) is 26.2 Å². The van der Waals surface area contributed by atoms with E-state index in [2.05, 4.69) is 13.3 Å². The van der Waals surface area contributed by atoms with Crippen LogP contribution >= 0.6 is 0 Å².